The van der Waals surface area contributed by atoms with E-state index in [0.717, 1.165) is 24.0 Å². The van der Waals surface area contributed by atoms with Crippen LogP contribution in [0.5, 0.6) is 5.75 Å². The highest BCUT2D eigenvalue weighted by Crippen LogP contribution is 2.42. The van der Waals surface area contributed by atoms with Crippen molar-refractivity contribution in [2.24, 2.45) is 0 Å². The molecule has 0 saturated carbocycles. The van der Waals surface area contributed by atoms with Crippen LogP contribution in [-0.2, 0) is 22.7 Å². The van der Waals surface area contributed by atoms with Crippen molar-refractivity contribution in [1.82, 2.24) is 26.3 Å². The zero-order chi connectivity index (χ0) is 33.6. The SMILES string of the molecule is COc1cc(-c2nccc(-c3cccc(Nc4cccc(CNC[C@H]5CCC(=O)N5)c4F)c3Cl)c2Cl)ccc1CNC[C@H]1CCC(=O)N1. The minimum absolute atomic E-state index is 0.0505. The van der Waals surface area contributed by atoms with Gasteiger partial charge in [0, 0.05) is 85.1 Å². The summed E-state index contributed by atoms with van der Waals surface area (Å²) in [6.07, 6.45) is 4.38. The molecule has 5 N–H and O–H groups in total. The molecule has 2 aliphatic heterocycles. The zero-order valence-corrected chi connectivity index (χ0v) is 28.0. The van der Waals surface area contributed by atoms with Crippen molar-refractivity contribution >= 4 is 46.4 Å². The molecule has 12 heteroatoms. The van der Waals surface area contributed by atoms with Crippen molar-refractivity contribution in [2.75, 3.05) is 25.5 Å². The van der Waals surface area contributed by atoms with Gasteiger partial charge in [-0.3, -0.25) is 14.6 Å². The lowest BCUT2D eigenvalue weighted by atomic mass is 10.0. The number of nitrogens with zero attached hydrogens (tertiary/aromatic N) is 1. The van der Waals surface area contributed by atoms with E-state index in [9.17, 15) is 9.59 Å². The predicted molar refractivity (Wildman–Crippen MR) is 187 cm³/mol. The Hall–Kier alpha value is -4.22. The first-order chi connectivity index (χ1) is 23.3. The predicted octanol–water partition coefficient (Wildman–Crippen LogP) is 6.35. The Kier molecular flexibility index (Phi) is 10.8. The van der Waals surface area contributed by atoms with Crippen molar-refractivity contribution in [3.8, 4) is 28.1 Å². The van der Waals surface area contributed by atoms with Crippen molar-refractivity contribution in [2.45, 2.75) is 50.9 Å². The van der Waals surface area contributed by atoms with Gasteiger partial charge < -0.3 is 31.3 Å². The summed E-state index contributed by atoms with van der Waals surface area (Å²) < 4.78 is 21.3. The maximum atomic E-state index is 15.6. The topological polar surface area (TPSA) is 116 Å². The third-order valence-corrected chi connectivity index (χ3v) is 9.46. The number of carbonyl (C=O) groups excluding carboxylic acids is 2. The number of ether oxygens (including phenoxy) is 1. The molecular weight excluding hydrogens is 654 g/mol. The average molecular weight is 692 g/mol. The second-order valence-electron chi connectivity index (χ2n) is 12.0. The third kappa shape index (κ3) is 7.73. The van der Waals surface area contributed by atoms with E-state index in [1.165, 1.54) is 0 Å². The van der Waals surface area contributed by atoms with Crippen LogP contribution in [0.25, 0.3) is 22.4 Å². The Morgan fingerprint density at radius 2 is 1.48 bits per heavy atom. The van der Waals surface area contributed by atoms with E-state index in [0.29, 0.717) is 88.6 Å². The fourth-order valence-electron chi connectivity index (χ4n) is 6.11. The molecule has 2 amide bonds. The second-order valence-corrected chi connectivity index (χ2v) is 12.7. The van der Waals surface area contributed by atoms with E-state index in [2.05, 4.69) is 31.6 Å². The Labute approximate surface area is 289 Å². The molecule has 3 heterocycles. The standard InChI is InChI=1S/C36H37Cl2FN6O3/c1-48-30-16-21(8-9-22(30)17-40-19-24-10-12-31(46)43-24)36-34(38)27(14-15-42-36)26-5-3-6-28(33(26)37)45-29-7-2-4-23(35(29)39)18-41-20-25-11-13-32(47)44-25/h2-9,14-16,24-25,40-41,45H,10-13,17-20H2,1H3,(H,43,46)(H,44,47)/t24-,25-/m1/s1. The maximum absolute atomic E-state index is 15.6. The Morgan fingerprint density at radius 3 is 2.15 bits per heavy atom. The number of methoxy groups -OCH3 is 1. The number of halogens is 3. The van der Waals surface area contributed by atoms with Crippen LogP contribution in [-0.4, -0.2) is 49.1 Å². The molecular formula is C36H37Cl2FN6O3. The van der Waals surface area contributed by atoms with Gasteiger partial charge in [-0.25, -0.2) is 4.39 Å². The molecule has 250 valence electrons. The van der Waals surface area contributed by atoms with Crippen LogP contribution in [0.15, 0.2) is 66.9 Å². The van der Waals surface area contributed by atoms with E-state index in [-0.39, 0.29) is 29.7 Å². The molecule has 6 rings (SSSR count). The number of carbonyl (C=O) groups is 2. The van der Waals surface area contributed by atoms with Gasteiger partial charge >= 0.3 is 0 Å². The second kappa shape index (κ2) is 15.3. The van der Waals surface area contributed by atoms with Crippen LogP contribution >= 0.6 is 23.2 Å². The first-order valence-electron chi connectivity index (χ1n) is 16.0. The van der Waals surface area contributed by atoms with Crippen molar-refractivity contribution in [1.29, 1.82) is 0 Å². The van der Waals surface area contributed by atoms with Gasteiger partial charge in [0.25, 0.3) is 0 Å². The number of rotatable bonds is 13. The van der Waals surface area contributed by atoms with Gasteiger partial charge in [0.2, 0.25) is 11.8 Å². The summed E-state index contributed by atoms with van der Waals surface area (Å²) in [6, 6.07) is 18.5. The number of anilines is 2. The number of pyridine rings is 1. The molecule has 4 aromatic rings. The van der Waals surface area contributed by atoms with Crippen molar-refractivity contribution in [3.63, 3.8) is 0 Å². The molecule has 9 nitrogen and oxygen atoms in total. The van der Waals surface area contributed by atoms with Gasteiger partial charge in [0.15, 0.2) is 5.82 Å². The van der Waals surface area contributed by atoms with Gasteiger partial charge in [-0.2, -0.15) is 0 Å². The maximum Gasteiger partial charge on any atom is 0.220 e. The summed E-state index contributed by atoms with van der Waals surface area (Å²) in [4.78, 5) is 27.5. The van der Waals surface area contributed by atoms with Crippen molar-refractivity contribution in [3.05, 3.63) is 93.8 Å². The van der Waals surface area contributed by atoms with E-state index in [1.807, 2.05) is 30.3 Å². The number of nitrogens with one attached hydrogen (secondary N) is 5. The van der Waals surface area contributed by atoms with Gasteiger partial charge in [0.05, 0.1) is 34.2 Å². The molecule has 0 unspecified atom stereocenters. The highest BCUT2D eigenvalue weighted by atomic mass is 35.5. The molecule has 2 fully saturated rings. The lowest BCUT2D eigenvalue weighted by molar-refractivity contribution is -0.120. The van der Waals surface area contributed by atoms with Gasteiger partial charge in [0.1, 0.15) is 5.75 Å². The molecule has 2 atom stereocenters. The summed E-state index contributed by atoms with van der Waals surface area (Å²) in [7, 11) is 1.62. The first kappa shape index (κ1) is 33.7. The number of benzene rings is 3. The molecule has 0 radical (unpaired) electrons. The minimum atomic E-state index is -0.385. The normalized spacial score (nSPS) is 17.3. The van der Waals surface area contributed by atoms with Crippen LogP contribution in [0.4, 0.5) is 15.8 Å². The third-order valence-electron chi connectivity index (χ3n) is 8.67. The largest absolute Gasteiger partial charge is 0.496 e. The first-order valence-corrected chi connectivity index (χ1v) is 16.7. The number of hydrogen-bond donors (Lipinski definition) is 5. The summed E-state index contributed by atoms with van der Waals surface area (Å²) in [6.45, 7) is 2.14. The fraction of sp³-hybridized carbons (Fsp3) is 0.306. The zero-order valence-electron chi connectivity index (χ0n) is 26.5. The summed E-state index contributed by atoms with van der Waals surface area (Å²) in [5.41, 5.74) is 4.97. The smallest absolute Gasteiger partial charge is 0.220 e. The molecule has 2 aliphatic rings. The van der Waals surface area contributed by atoms with Gasteiger partial charge in [-0.15, -0.1) is 0 Å². The number of hydrogen-bond acceptors (Lipinski definition) is 7. The van der Waals surface area contributed by atoms with Crippen LogP contribution in [0.1, 0.15) is 36.8 Å². The lowest BCUT2D eigenvalue weighted by Crippen LogP contribution is -2.35. The Bertz CT molecular complexity index is 1820. The Balaban J connectivity index is 1.17. The molecule has 0 aliphatic carbocycles. The quantitative estimate of drug-likeness (QED) is 0.111. The van der Waals surface area contributed by atoms with Crippen molar-refractivity contribution < 1.29 is 18.7 Å². The summed E-state index contributed by atoms with van der Waals surface area (Å²) in [5, 5.41) is 16.5. The monoisotopic (exact) mass is 690 g/mol. The van der Waals surface area contributed by atoms with Gasteiger partial charge in [-0.1, -0.05) is 59.6 Å². The van der Waals surface area contributed by atoms with Crippen LogP contribution in [0, 0.1) is 5.82 Å². The number of aromatic nitrogens is 1. The minimum Gasteiger partial charge on any atom is -0.496 e. The molecule has 2 saturated heterocycles. The number of amides is 2. The molecule has 48 heavy (non-hydrogen) atoms. The summed E-state index contributed by atoms with van der Waals surface area (Å²) >= 11 is 13.9. The molecule has 0 spiro atoms. The van der Waals surface area contributed by atoms with E-state index in [1.54, 1.807) is 43.6 Å². The van der Waals surface area contributed by atoms with E-state index in [4.69, 9.17) is 27.9 Å². The highest BCUT2D eigenvalue weighted by Gasteiger charge is 2.22. The average Bonchev–Trinajstić information content (AvgIpc) is 3.70. The molecule has 0 bridgehead atoms. The summed E-state index contributed by atoms with van der Waals surface area (Å²) in [5.74, 6) is 0.447. The molecule has 1 aromatic heterocycles. The van der Waals surface area contributed by atoms with Crippen LogP contribution < -0.4 is 31.3 Å². The van der Waals surface area contributed by atoms with Crippen LogP contribution in [0.2, 0.25) is 10.0 Å². The highest BCUT2D eigenvalue weighted by molar-refractivity contribution is 6.39. The lowest BCUT2D eigenvalue weighted by Gasteiger charge is -2.17. The Morgan fingerprint density at radius 1 is 0.833 bits per heavy atom. The van der Waals surface area contributed by atoms with E-state index >= 15 is 4.39 Å². The fourth-order valence-corrected chi connectivity index (χ4v) is 6.71. The van der Waals surface area contributed by atoms with E-state index < -0.39 is 0 Å². The molecule has 3 aromatic carbocycles. The van der Waals surface area contributed by atoms with Crippen LogP contribution in [0.3, 0.4) is 0 Å². The van der Waals surface area contributed by atoms with Gasteiger partial charge in [-0.05, 0) is 37.1 Å².